The summed E-state index contributed by atoms with van der Waals surface area (Å²) in [6.07, 6.45) is -0.906. The quantitative estimate of drug-likeness (QED) is 0.263. The molecule has 7 nitrogen and oxygen atoms in total. The molecule has 0 aliphatic heterocycles. The summed E-state index contributed by atoms with van der Waals surface area (Å²) < 4.78 is 42.0. The number of aromatic nitrogens is 4. The van der Waals surface area contributed by atoms with E-state index in [1.54, 1.807) is 11.9 Å². The molecule has 11 heteroatoms. The third-order valence-corrected chi connectivity index (χ3v) is 6.95. The number of hydrogen-bond donors (Lipinski definition) is 2. The zero-order chi connectivity index (χ0) is 25.9. The first-order valence-corrected chi connectivity index (χ1v) is 12.1. The van der Waals surface area contributed by atoms with Crippen molar-refractivity contribution in [3.8, 4) is 17.3 Å². The molecule has 0 spiro atoms. The van der Waals surface area contributed by atoms with Crippen LogP contribution in [0.1, 0.15) is 43.5 Å². The number of aromatic amines is 1. The molecule has 0 aliphatic carbocycles. The van der Waals surface area contributed by atoms with Gasteiger partial charge in [0, 0.05) is 41.3 Å². The number of rotatable bonds is 8. The molecule has 0 bridgehead atoms. The molecule has 0 saturated heterocycles. The van der Waals surface area contributed by atoms with Gasteiger partial charge in [-0.3, -0.25) is 0 Å². The highest BCUT2D eigenvalue weighted by molar-refractivity contribution is 7.97. The molecule has 2 N–H and O–H groups in total. The standard InChI is InChI=1S/C25H24F3N7S/c1-4-35(5-2)36-19-8-6-16(7-9-19)15(3)33-24-32-12-17(11-29)22(34-24)21-14-31-23-20(21)10-18(13-30-23)25(26,27)28/h6-10,12-15H,4-5H2,1-3H3,(H,30,31)(H,32,33,34). The summed E-state index contributed by atoms with van der Waals surface area (Å²) in [6.45, 7) is 8.08. The largest absolute Gasteiger partial charge is 0.417 e. The average Bonchev–Trinajstić information content (AvgIpc) is 3.30. The van der Waals surface area contributed by atoms with Crippen molar-refractivity contribution in [2.75, 3.05) is 18.4 Å². The molecule has 0 aliphatic rings. The van der Waals surface area contributed by atoms with E-state index in [1.807, 2.05) is 25.1 Å². The van der Waals surface area contributed by atoms with Gasteiger partial charge in [-0.25, -0.2) is 19.3 Å². The van der Waals surface area contributed by atoms with E-state index >= 15 is 0 Å². The number of hydrogen-bond acceptors (Lipinski definition) is 7. The third kappa shape index (κ3) is 5.45. The predicted molar refractivity (Wildman–Crippen MR) is 134 cm³/mol. The minimum Gasteiger partial charge on any atom is -0.348 e. The van der Waals surface area contributed by atoms with Crippen molar-refractivity contribution in [3.63, 3.8) is 0 Å². The van der Waals surface area contributed by atoms with Gasteiger partial charge in [-0.1, -0.05) is 26.0 Å². The normalized spacial score (nSPS) is 12.6. The first kappa shape index (κ1) is 25.5. The number of nitrogens with zero attached hydrogens (tertiary/aromatic N) is 5. The van der Waals surface area contributed by atoms with Crippen molar-refractivity contribution in [1.82, 2.24) is 24.2 Å². The zero-order valence-corrected chi connectivity index (χ0v) is 20.7. The maximum Gasteiger partial charge on any atom is 0.417 e. The minimum atomic E-state index is -4.54. The van der Waals surface area contributed by atoms with Crippen LogP contribution in [0.2, 0.25) is 0 Å². The van der Waals surface area contributed by atoms with Gasteiger partial charge in [0.15, 0.2) is 0 Å². The highest BCUT2D eigenvalue weighted by Gasteiger charge is 2.31. The van der Waals surface area contributed by atoms with Crippen molar-refractivity contribution < 1.29 is 13.2 Å². The summed E-state index contributed by atoms with van der Waals surface area (Å²) in [7, 11) is 0. The number of anilines is 1. The smallest absolute Gasteiger partial charge is 0.348 e. The van der Waals surface area contributed by atoms with Crippen LogP contribution in [0.15, 0.2) is 53.8 Å². The summed E-state index contributed by atoms with van der Waals surface area (Å²) in [6, 6.07) is 11.0. The SMILES string of the molecule is CCN(CC)Sc1ccc(C(C)Nc2ncc(C#N)c(-c3c[nH]c4ncc(C(F)(F)F)cc34)n2)cc1. The molecule has 1 atom stereocenters. The number of alkyl halides is 3. The van der Waals surface area contributed by atoms with Gasteiger partial charge < -0.3 is 10.3 Å². The molecule has 1 unspecified atom stereocenters. The van der Waals surface area contributed by atoms with Crippen LogP contribution in [-0.4, -0.2) is 37.3 Å². The second kappa shape index (κ2) is 10.6. The van der Waals surface area contributed by atoms with E-state index in [-0.39, 0.29) is 34.3 Å². The maximum atomic E-state index is 13.3. The molecule has 1 aromatic carbocycles. The van der Waals surface area contributed by atoms with Gasteiger partial charge in [0.2, 0.25) is 5.95 Å². The van der Waals surface area contributed by atoms with Crippen molar-refractivity contribution >= 4 is 28.9 Å². The van der Waals surface area contributed by atoms with Crippen molar-refractivity contribution in [1.29, 1.82) is 5.26 Å². The molecule has 0 radical (unpaired) electrons. The first-order chi connectivity index (χ1) is 17.2. The molecule has 0 amide bonds. The minimum absolute atomic E-state index is 0.143. The van der Waals surface area contributed by atoms with Crippen LogP contribution in [0.3, 0.4) is 0 Å². The van der Waals surface area contributed by atoms with Gasteiger partial charge >= 0.3 is 6.18 Å². The Labute approximate surface area is 210 Å². The van der Waals surface area contributed by atoms with Gasteiger partial charge in [0.1, 0.15) is 11.7 Å². The Hall–Kier alpha value is -3.62. The lowest BCUT2D eigenvalue weighted by molar-refractivity contribution is -0.137. The molecule has 3 aromatic heterocycles. The van der Waals surface area contributed by atoms with Gasteiger partial charge in [-0.2, -0.15) is 18.4 Å². The van der Waals surface area contributed by atoms with Crippen molar-refractivity contribution in [3.05, 3.63) is 65.6 Å². The van der Waals surface area contributed by atoms with Gasteiger partial charge in [-0.05, 0) is 42.6 Å². The first-order valence-electron chi connectivity index (χ1n) is 11.3. The topological polar surface area (TPSA) is 93.5 Å². The van der Waals surface area contributed by atoms with E-state index in [0.29, 0.717) is 5.56 Å². The lowest BCUT2D eigenvalue weighted by atomic mass is 10.1. The lowest BCUT2D eigenvalue weighted by Gasteiger charge is -2.18. The fourth-order valence-corrected chi connectivity index (χ4v) is 4.50. The third-order valence-electron chi connectivity index (χ3n) is 5.69. The van der Waals surface area contributed by atoms with E-state index in [0.717, 1.165) is 35.8 Å². The van der Waals surface area contributed by atoms with E-state index in [9.17, 15) is 18.4 Å². The van der Waals surface area contributed by atoms with Gasteiger partial charge in [0.25, 0.3) is 0 Å². The summed E-state index contributed by atoms with van der Waals surface area (Å²) in [5, 5.41) is 13.0. The number of H-pyrrole nitrogens is 1. The number of halogens is 3. The second-order valence-electron chi connectivity index (χ2n) is 8.03. The van der Waals surface area contributed by atoms with Crippen LogP contribution in [-0.2, 0) is 6.18 Å². The highest BCUT2D eigenvalue weighted by atomic mass is 32.2. The number of benzene rings is 1. The fourth-order valence-electron chi connectivity index (χ4n) is 3.69. The van der Waals surface area contributed by atoms with Crippen LogP contribution in [0.4, 0.5) is 19.1 Å². The fraction of sp³-hybridized carbons (Fsp3) is 0.280. The molecule has 3 heterocycles. The number of nitrogens with one attached hydrogen (secondary N) is 2. The summed E-state index contributed by atoms with van der Waals surface area (Å²) in [5.74, 6) is 0.257. The maximum absolute atomic E-state index is 13.3. The Morgan fingerprint density at radius 2 is 1.86 bits per heavy atom. The zero-order valence-electron chi connectivity index (χ0n) is 19.9. The summed E-state index contributed by atoms with van der Waals surface area (Å²) in [4.78, 5) is 16.6. The van der Waals surface area contributed by atoms with E-state index in [2.05, 4.69) is 55.5 Å². The monoisotopic (exact) mass is 511 g/mol. The Morgan fingerprint density at radius 1 is 1.14 bits per heavy atom. The van der Waals surface area contributed by atoms with Crippen molar-refractivity contribution in [2.45, 2.75) is 37.9 Å². The Balaban J connectivity index is 1.61. The van der Waals surface area contributed by atoms with Crippen LogP contribution in [0, 0.1) is 11.3 Å². The predicted octanol–water partition coefficient (Wildman–Crippen LogP) is 6.43. The molecule has 4 rings (SSSR count). The Kier molecular flexibility index (Phi) is 7.47. The van der Waals surface area contributed by atoms with Crippen molar-refractivity contribution in [2.24, 2.45) is 0 Å². The molecular weight excluding hydrogens is 487 g/mol. The second-order valence-corrected chi connectivity index (χ2v) is 9.20. The number of fused-ring (bicyclic) bond motifs is 1. The Bertz CT molecular complexity index is 1390. The van der Waals surface area contributed by atoms with Crippen LogP contribution >= 0.6 is 11.9 Å². The lowest BCUT2D eigenvalue weighted by Crippen LogP contribution is -2.13. The van der Waals surface area contributed by atoms with Gasteiger partial charge in [-0.15, -0.1) is 0 Å². The number of pyridine rings is 1. The van der Waals surface area contributed by atoms with Crippen LogP contribution < -0.4 is 5.32 Å². The van der Waals surface area contributed by atoms with E-state index in [4.69, 9.17) is 0 Å². The molecule has 0 saturated carbocycles. The number of nitriles is 1. The van der Waals surface area contributed by atoms with Crippen LogP contribution in [0.5, 0.6) is 0 Å². The van der Waals surface area contributed by atoms with E-state index < -0.39 is 11.7 Å². The Morgan fingerprint density at radius 3 is 2.50 bits per heavy atom. The molecule has 186 valence electrons. The molecule has 36 heavy (non-hydrogen) atoms. The molecule has 4 aromatic rings. The molecule has 0 fully saturated rings. The van der Waals surface area contributed by atoms with Gasteiger partial charge in [0.05, 0.1) is 29.1 Å². The van der Waals surface area contributed by atoms with Crippen LogP contribution in [0.25, 0.3) is 22.3 Å². The van der Waals surface area contributed by atoms with E-state index in [1.165, 1.54) is 12.4 Å². The summed E-state index contributed by atoms with van der Waals surface area (Å²) in [5.41, 5.74) is 1.12. The molecular formula is C25H24F3N7S. The summed E-state index contributed by atoms with van der Waals surface area (Å²) >= 11 is 1.70. The average molecular weight is 512 g/mol. The highest BCUT2D eigenvalue weighted by Crippen LogP contribution is 2.35.